The molecule has 2 N–H and O–H groups in total. The summed E-state index contributed by atoms with van der Waals surface area (Å²) in [5, 5.41) is 5.52. The fourth-order valence-electron chi connectivity index (χ4n) is 2.43. The molecule has 1 atom stereocenters. The van der Waals surface area contributed by atoms with Crippen molar-refractivity contribution in [1.29, 1.82) is 0 Å². The minimum absolute atomic E-state index is 0.0278. The number of benzene rings is 1. The molecule has 168 valence electrons. The Hall–Kier alpha value is -2.61. The van der Waals surface area contributed by atoms with Crippen LogP contribution in [-0.2, 0) is 25.6 Å². The first-order chi connectivity index (χ1) is 13.8. The van der Waals surface area contributed by atoms with Crippen LogP contribution < -0.4 is 15.4 Å². The molecule has 8 heteroatoms. The summed E-state index contributed by atoms with van der Waals surface area (Å²) in [5.74, 6) is -0.777. The van der Waals surface area contributed by atoms with E-state index in [4.69, 9.17) is 14.2 Å². The van der Waals surface area contributed by atoms with Crippen LogP contribution in [0.25, 0.3) is 0 Å². The van der Waals surface area contributed by atoms with Gasteiger partial charge >= 0.3 is 18.0 Å². The predicted octanol–water partition coefficient (Wildman–Crippen LogP) is 3.33. The molecular weight excluding hydrogens is 388 g/mol. The van der Waals surface area contributed by atoms with E-state index in [1.54, 1.807) is 53.7 Å². The van der Waals surface area contributed by atoms with E-state index < -0.39 is 35.3 Å². The normalized spacial score (nSPS) is 12.6. The van der Waals surface area contributed by atoms with Gasteiger partial charge in [-0.05, 0) is 72.7 Å². The molecular formula is C22H34N2O6. The van der Waals surface area contributed by atoms with Crippen molar-refractivity contribution in [1.82, 2.24) is 10.6 Å². The quantitative estimate of drug-likeness (QED) is 0.620. The molecule has 0 aliphatic heterocycles. The minimum atomic E-state index is -1.05. The van der Waals surface area contributed by atoms with Crippen LogP contribution in [0.1, 0.15) is 59.9 Å². The molecule has 8 nitrogen and oxygen atoms in total. The van der Waals surface area contributed by atoms with Crippen molar-refractivity contribution < 1.29 is 28.6 Å². The Kier molecular flexibility index (Phi) is 9.29. The first-order valence-corrected chi connectivity index (χ1v) is 9.95. The Morgan fingerprint density at radius 1 is 0.933 bits per heavy atom. The summed E-state index contributed by atoms with van der Waals surface area (Å²) in [7, 11) is 1.84. The summed E-state index contributed by atoms with van der Waals surface area (Å²) in [5.41, 5.74) is -0.338. The van der Waals surface area contributed by atoms with Crippen molar-refractivity contribution in [2.24, 2.45) is 0 Å². The molecule has 0 fully saturated rings. The smallest absolute Gasteiger partial charge is 0.413 e. The second-order valence-corrected chi connectivity index (χ2v) is 8.92. The van der Waals surface area contributed by atoms with Gasteiger partial charge in [0.25, 0.3) is 0 Å². The monoisotopic (exact) mass is 422 g/mol. The molecule has 0 heterocycles. The molecule has 1 rings (SSSR count). The van der Waals surface area contributed by atoms with Gasteiger partial charge < -0.3 is 24.8 Å². The van der Waals surface area contributed by atoms with Crippen LogP contribution in [0.4, 0.5) is 4.79 Å². The number of rotatable bonds is 8. The van der Waals surface area contributed by atoms with Gasteiger partial charge in [0.1, 0.15) is 23.0 Å². The van der Waals surface area contributed by atoms with Crippen LogP contribution in [0.15, 0.2) is 24.3 Å². The number of esters is 2. The maximum absolute atomic E-state index is 12.5. The molecule has 0 aromatic heterocycles. The van der Waals surface area contributed by atoms with Gasteiger partial charge in [-0.15, -0.1) is 0 Å². The fourth-order valence-corrected chi connectivity index (χ4v) is 2.43. The van der Waals surface area contributed by atoms with Crippen molar-refractivity contribution in [3.63, 3.8) is 0 Å². The Labute approximate surface area is 178 Å². The van der Waals surface area contributed by atoms with E-state index in [9.17, 15) is 14.4 Å². The third-order valence-corrected chi connectivity index (χ3v) is 3.56. The molecule has 1 aromatic rings. The second-order valence-electron chi connectivity index (χ2n) is 8.92. The highest BCUT2D eigenvalue weighted by Crippen LogP contribution is 2.15. The van der Waals surface area contributed by atoms with Crippen molar-refractivity contribution >= 4 is 18.0 Å². The standard InChI is InChI=1S/C22H34N2O6/c1-21(2,3)29-18(25)13-12-17(19(26)30-22(4,5)6)24-20(27)28-16-10-8-15(9-11-16)14-23-7/h8-11,17,23H,12-14H2,1-7H3,(H,24,27)/t17-/m0/s1. The lowest BCUT2D eigenvalue weighted by molar-refractivity contribution is -0.158. The average molecular weight is 423 g/mol. The number of nitrogens with one attached hydrogen (secondary N) is 2. The topological polar surface area (TPSA) is 103 Å². The van der Waals surface area contributed by atoms with E-state index in [1.165, 1.54) is 0 Å². The molecule has 0 aliphatic carbocycles. The van der Waals surface area contributed by atoms with E-state index in [0.29, 0.717) is 12.3 Å². The molecule has 30 heavy (non-hydrogen) atoms. The van der Waals surface area contributed by atoms with Crippen LogP contribution in [0.2, 0.25) is 0 Å². The minimum Gasteiger partial charge on any atom is -0.460 e. The molecule has 1 amide bonds. The second kappa shape index (κ2) is 11.0. The van der Waals surface area contributed by atoms with Crippen molar-refractivity contribution in [3.8, 4) is 5.75 Å². The molecule has 0 saturated heterocycles. The third-order valence-electron chi connectivity index (χ3n) is 3.56. The molecule has 0 saturated carbocycles. The van der Waals surface area contributed by atoms with Crippen LogP contribution in [0, 0.1) is 0 Å². The van der Waals surface area contributed by atoms with Crippen molar-refractivity contribution in [2.45, 2.75) is 78.2 Å². The number of carbonyl (C=O) groups is 3. The Balaban J connectivity index is 2.76. The van der Waals surface area contributed by atoms with Crippen LogP contribution in [0.5, 0.6) is 5.75 Å². The summed E-state index contributed by atoms with van der Waals surface area (Å²) < 4.78 is 15.9. The molecule has 1 aromatic carbocycles. The molecule has 0 aliphatic rings. The van der Waals surface area contributed by atoms with E-state index in [0.717, 1.165) is 5.56 Å². The SMILES string of the molecule is CNCc1ccc(OC(=O)N[C@@H](CCC(=O)OC(C)(C)C)C(=O)OC(C)(C)C)cc1. The van der Waals surface area contributed by atoms with Crippen LogP contribution in [0.3, 0.4) is 0 Å². The predicted molar refractivity (Wildman–Crippen MR) is 113 cm³/mol. The molecule has 0 bridgehead atoms. The van der Waals surface area contributed by atoms with E-state index >= 15 is 0 Å². The number of hydrogen-bond donors (Lipinski definition) is 2. The zero-order valence-electron chi connectivity index (χ0n) is 19.0. The summed E-state index contributed by atoms with van der Waals surface area (Å²) in [4.78, 5) is 36.8. The van der Waals surface area contributed by atoms with E-state index in [-0.39, 0.29) is 12.8 Å². The number of hydrogen-bond acceptors (Lipinski definition) is 7. The maximum atomic E-state index is 12.5. The number of ether oxygens (including phenoxy) is 3. The first kappa shape index (κ1) is 25.4. The largest absolute Gasteiger partial charge is 0.460 e. The third kappa shape index (κ3) is 10.8. The zero-order valence-corrected chi connectivity index (χ0v) is 19.0. The highest BCUT2D eigenvalue weighted by Gasteiger charge is 2.29. The first-order valence-electron chi connectivity index (χ1n) is 9.95. The lowest BCUT2D eigenvalue weighted by Gasteiger charge is -2.25. The van der Waals surface area contributed by atoms with Crippen molar-refractivity contribution in [3.05, 3.63) is 29.8 Å². The average Bonchev–Trinajstić information content (AvgIpc) is 2.57. The summed E-state index contributed by atoms with van der Waals surface area (Å²) in [6, 6.07) is 5.93. The van der Waals surface area contributed by atoms with E-state index in [1.807, 2.05) is 19.2 Å². The maximum Gasteiger partial charge on any atom is 0.413 e. The molecule has 0 unspecified atom stereocenters. The highest BCUT2D eigenvalue weighted by molar-refractivity contribution is 5.83. The van der Waals surface area contributed by atoms with Gasteiger partial charge in [0.05, 0.1) is 0 Å². The summed E-state index contributed by atoms with van der Waals surface area (Å²) in [6.45, 7) is 11.1. The summed E-state index contributed by atoms with van der Waals surface area (Å²) >= 11 is 0. The van der Waals surface area contributed by atoms with Gasteiger partial charge in [-0.3, -0.25) is 4.79 Å². The molecule has 0 radical (unpaired) electrons. The van der Waals surface area contributed by atoms with Crippen LogP contribution >= 0.6 is 0 Å². The Bertz CT molecular complexity index is 717. The Morgan fingerprint density at radius 2 is 1.50 bits per heavy atom. The fraction of sp³-hybridized carbons (Fsp3) is 0.591. The lowest BCUT2D eigenvalue weighted by atomic mass is 10.1. The van der Waals surface area contributed by atoms with Gasteiger partial charge in [-0.2, -0.15) is 0 Å². The van der Waals surface area contributed by atoms with Gasteiger partial charge in [0.2, 0.25) is 0 Å². The zero-order chi connectivity index (χ0) is 22.9. The lowest BCUT2D eigenvalue weighted by Crippen LogP contribution is -2.45. The van der Waals surface area contributed by atoms with Gasteiger partial charge in [0, 0.05) is 13.0 Å². The van der Waals surface area contributed by atoms with Crippen molar-refractivity contribution in [2.75, 3.05) is 7.05 Å². The highest BCUT2D eigenvalue weighted by atomic mass is 16.6. The number of carbonyl (C=O) groups excluding carboxylic acids is 3. The van der Waals surface area contributed by atoms with Crippen LogP contribution in [-0.4, -0.2) is 42.3 Å². The van der Waals surface area contributed by atoms with Gasteiger partial charge in [-0.1, -0.05) is 12.1 Å². The van der Waals surface area contributed by atoms with Gasteiger partial charge in [0.15, 0.2) is 0 Å². The Morgan fingerprint density at radius 3 is 2.00 bits per heavy atom. The summed E-state index contributed by atoms with van der Waals surface area (Å²) in [6.07, 6.45) is -0.836. The van der Waals surface area contributed by atoms with Gasteiger partial charge in [-0.25, -0.2) is 9.59 Å². The molecule has 0 spiro atoms. The van der Waals surface area contributed by atoms with E-state index in [2.05, 4.69) is 10.6 Å². The number of amides is 1.